The van der Waals surface area contributed by atoms with Crippen molar-refractivity contribution in [1.82, 2.24) is 0 Å². The molecule has 0 spiro atoms. The van der Waals surface area contributed by atoms with Crippen LogP contribution in [-0.4, -0.2) is 11.1 Å². The number of rotatable bonds is 4. The molecule has 0 bridgehead atoms. The van der Waals surface area contributed by atoms with Crippen molar-refractivity contribution in [1.29, 1.82) is 0 Å². The smallest absolute Gasteiger partial charge is 0.335 e. The van der Waals surface area contributed by atoms with Crippen molar-refractivity contribution in [2.75, 3.05) is 0 Å². The van der Waals surface area contributed by atoms with Crippen LogP contribution in [0.2, 0.25) is 0 Å². The van der Waals surface area contributed by atoms with Gasteiger partial charge in [-0.25, -0.2) is 4.79 Å². The van der Waals surface area contributed by atoms with Crippen LogP contribution in [-0.2, 0) is 6.42 Å². The number of hydrogen-bond acceptors (Lipinski definition) is 1. The van der Waals surface area contributed by atoms with Crippen LogP contribution in [0.5, 0.6) is 0 Å². The van der Waals surface area contributed by atoms with Crippen molar-refractivity contribution in [2.24, 2.45) is 0 Å². The number of carboxylic acids is 1. The van der Waals surface area contributed by atoms with Crippen LogP contribution in [0.25, 0.3) is 0 Å². The van der Waals surface area contributed by atoms with Gasteiger partial charge in [0, 0.05) is 0 Å². The van der Waals surface area contributed by atoms with Crippen molar-refractivity contribution in [2.45, 2.75) is 12.8 Å². The van der Waals surface area contributed by atoms with Crippen molar-refractivity contribution in [3.8, 4) is 0 Å². The third-order valence-electron chi connectivity index (χ3n) is 1.93. The molecule has 0 aliphatic heterocycles. The van der Waals surface area contributed by atoms with Gasteiger partial charge in [-0.2, -0.15) is 8.78 Å². The summed E-state index contributed by atoms with van der Waals surface area (Å²) >= 11 is 0. The highest BCUT2D eigenvalue weighted by Crippen LogP contribution is 2.08. The van der Waals surface area contributed by atoms with E-state index in [2.05, 4.69) is 0 Å². The molecule has 1 N–H and O–H groups in total. The van der Waals surface area contributed by atoms with Gasteiger partial charge in [0.1, 0.15) is 0 Å². The Hall–Kier alpha value is -1.71. The minimum Gasteiger partial charge on any atom is -0.478 e. The molecule has 4 heteroatoms. The van der Waals surface area contributed by atoms with Crippen LogP contribution in [0.4, 0.5) is 8.78 Å². The number of carbonyl (C=O) groups is 1. The Labute approximate surface area is 85.9 Å². The predicted molar refractivity (Wildman–Crippen MR) is 52.0 cm³/mol. The Kier molecular flexibility index (Phi) is 3.97. The van der Waals surface area contributed by atoms with E-state index >= 15 is 0 Å². The second-order valence-electron chi connectivity index (χ2n) is 3.03. The summed E-state index contributed by atoms with van der Waals surface area (Å²) in [4.78, 5) is 10.5. The van der Waals surface area contributed by atoms with Crippen LogP contribution in [0.15, 0.2) is 36.4 Å². The molecule has 0 aliphatic rings. The molecule has 2 nitrogen and oxygen atoms in total. The van der Waals surface area contributed by atoms with E-state index in [4.69, 9.17) is 5.11 Å². The second-order valence-corrected chi connectivity index (χ2v) is 3.03. The van der Waals surface area contributed by atoms with Crippen molar-refractivity contribution in [3.05, 3.63) is 47.5 Å². The van der Waals surface area contributed by atoms with Crippen LogP contribution < -0.4 is 0 Å². The lowest BCUT2D eigenvalue weighted by atomic mass is 10.1. The van der Waals surface area contributed by atoms with Gasteiger partial charge >= 0.3 is 5.97 Å². The SMILES string of the molecule is O=C(O)c1ccc(CCC=C(F)F)cc1. The number of hydrogen-bond donors (Lipinski definition) is 1. The summed E-state index contributed by atoms with van der Waals surface area (Å²) in [6, 6.07) is 6.20. The highest BCUT2D eigenvalue weighted by Gasteiger charge is 2.01. The first-order valence-corrected chi connectivity index (χ1v) is 4.43. The molecule has 0 fully saturated rings. The first-order chi connectivity index (χ1) is 7.09. The first-order valence-electron chi connectivity index (χ1n) is 4.43. The normalized spacial score (nSPS) is 9.73. The van der Waals surface area contributed by atoms with Gasteiger partial charge in [0.15, 0.2) is 0 Å². The third kappa shape index (κ3) is 3.89. The number of aromatic carboxylic acids is 1. The zero-order valence-electron chi connectivity index (χ0n) is 7.91. The average molecular weight is 212 g/mol. The molecule has 1 aromatic rings. The molecule has 1 aromatic carbocycles. The maximum atomic E-state index is 11.7. The molecule has 15 heavy (non-hydrogen) atoms. The van der Waals surface area contributed by atoms with Crippen LogP contribution in [0, 0.1) is 0 Å². The fraction of sp³-hybridized carbons (Fsp3) is 0.182. The minimum absolute atomic E-state index is 0.200. The lowest BCUT2D eigenvalue weighted by molar-refractivity contribution is 0.0697. The van der Waals surface area contributed by atoms with E-state index in [1.54, 1.807) is 12.1 Å². The molecule has 80 valence electrons. The van der Waals surface area contributed by atoms with Crippen molar-refractivity contribution in [3.63, 3.8) is 0 Å². The second kappa shape index (κ2) is 5.24. The molecule has 0 amide bonds. The van der Waals surface area contributed by atoms with Gasteiger partial charge in [-0.1, -0.05) is 12.1 Å². The Balaban J connectivity index is 2.57. The van der Waals surface area contributed by atoms with E-state index in [0.29, 0.717) is 6.42 Å². The summed E-state index contributed by atoms with van der Waals surface area (Å²) in [6.45, 7) is 0. The molecule has 0 saturated carbocycles. The molecule has 0 saturated heterocycles. The fourth-order valence-electron chi connectivity index (χ4n) is 1.16. The van der Waals surface area contributed by atoms with Crippen molar-refractivity contribution >= 4 is 5.97 Å². The van der Waals surface area contributed by atoms with E-state index in [1.165, 1.54) is 12.1 Å². The molecule has 0 radical (unpaired) electrons. The van der Waals surface area contributed by atoms with E-state index in [1.807, 2.05) is 0 Å². The molecular weight excluding hydrogens is 202 g/mol. The average Bonchev–Trinajstić information content (AvgIpc) is 2.18. The van der Waals surface area contributed by atoms with Gasteiger partial charge in [0.2, 0.25) is 0 Å². The van der Waals surface area contributed by atoms with Gasteiger partial charge in [0.25, 0.3) is 6.08 Å². The maximum Gasteiger partial charge on any atom is 0.335 e. The lowest BCUT2D eigenvalue weighted by Crippen LogP contribution is -1.95. The number of allylic oxidation sites excluding steroid dienone is 1. The van der Waals surface area contributed by atoms with Crippen molar-refractivity contribution < 1.29 is 18.7 Å². The third-order valence-corrected chi connectivity index (χ3v) is 1.93. The highest BCUT2D eigenvalue weighted by molar-refractivity contribution is 5.87. The Morgan fingerprint density at radius 1 is 1.27 bits per heavy atom. The van der Waals surface area contributed by atoms with Gasteiger partial charge in [-0.3, -0.25) is 0 Å². The monoisotopic (exact) mass is 212 g/mol. The number of aryl methyl sites for hydroxylation is 1. The standard InChI is InChI=1S/C11H10F2O2/c12-10(13)3-1-2-8-4-6-9(7-5-8)11(14)15/h3-7H,1-2H2,(H,14,15). The van der Waals surface area contributed by atoms with Crippen LogP contribution in [0.1, 0.15) is 22.3 Å². The quantitative estimate of drug-likeness (QED) is 0.832. The number of halogens is 2. The van der Waals surface area contributed by atoms with Gasteiger partial charge < -0.3 is 5.11 Å². The summed E-state index contributed by atoms with van der Waals surface area (Å²) in [6.07, 6.45) is -0.0888. The highest BCUT2D eigenvalue weighted by atomic mass is 19.3. The Bertz CT molecular complexity index is 365. The fourth-order valence-corrected chi connectivity index (χ4v) is 1.16. The summed E-state index contributed by atoms with van der Waals surface area (Å²) in [5.74, 6) is -0.990. The molecule has 0 atom stereocenters. The topological polar surface area (TPSA) is 37.3 Å². The molecule has 1 rings (SSSR count). The van der Waals surface area contributed by atoms with Crippen LogP contribution in [0.3, 0.4) is 0 Å². The summed E-state index contributed by atoms with van der Waals surface area (Å²) < 4.78 is 23.4. The van der Waals surface area contributed by atoms with E-state index in [0.717, 1.165) is 11.6 Å². The molecule has 0 aliphatic carbocycles. The summed E-state index contributed by atoms with van der Waals surface area (Å²) in [5, 5.41) is 8.62. The van der Waals surface area contributed by atoms with E-state index in [-0.39, 0.29) is 12.0 Å². The largest absolute Gasteiger partial charge is 0.478 e. The Morgan fingerprint density at radius 2 is 1.87 bits per heavy atom. The summed E-state index contributed by atoms with van der Waals surface area (Å²) in [5.41, 5.74) is 1.04. The molecule has 0 aromatic heterocycles. The summed E-state index contributed by atoms with van der Waals surface area (Å²) in [7, 11) is 0. The van der Waals surface area contributed by atoms with E-state index in [9.17, 15) is 13.6 Å². The number of carboxylic acid groups (broad SMARTS) is 1. The molecule has 0 unspecified atom stereocenters. The van der Waals surface area contributed by atoms with Gasteiger partial charge in [-0.15, -0.1) is 0 Å². The first kappa shape index (κ1) is 11.4. The zero-order valence-corrected chi connectivity index (χ0v) is 7.91. The molecular formula is C11H10F2O2. The maximum absolute atomic E-state index is 11.7. The van der Waals surface area contributed by atoms with Crippen LogP contribution >= 0.6 is 0 Å². The minimum atomic E-state index is -1.68. The number of benzene rings is 1. The predicted octanol–water partition coefficient (Wildman–Crippen LogP) is 3.10. The van der Waals surface area contributed by atoms with E-state index < -0.39 is 12.0 Å². The van der Waals surface area contributed by atoms with Gasteiger partial charge in [0.05, 0.1) is 5.56 Å². The Morgan fingerprint density at radius 3 is 2.33 bits per heavy atom. The molecule has 0 heterocycles. The van der Waals surface area contributed by atoms with Gasteiger partial charge in [-0.05, 0) is 36.6 Å². The lowest BCUT2D eigenvalue weighted by Gasteiger charge is -1.98. The zero-order chi connectivity index (χ0) is 11.3.